The first kappa shape index (κ1) is 21.4. The Kier molecular flexibility index (Phi) is 8.40. The van der Waals surface area contributed by atoms with Crippen molar-refractivity contribution < 1.29 is 9.53 Å². The highest BCUT2D eigenvalue weighted by Crippen LogP contribution is 2.23. The van der Waals surface area contributed by atoms with Crippen molar-refractivity contribution in [3.8, 4) is 0 Å². The van der Waals surface area contributed by atoms with Gasteiger partial charge in [0.05, 0.1) is 13.2 Å². The maximum Gasteiger partial charge on any atom is 0.243 e. The van der Waals surface area contributed by atoms with E-state index in [1.165, 1.54) is 38.5 Å². The first-order valence-electron chi connectivity index (χ1n) is 11.2. The van der Waals surface area contributed by atoms with Crippen LogP contribution in [0.2, 0.25) is 0 Å². The van der Waals surface area contributed by atoms with E-state index in [4.69, 9.17) is 9.73 Å². The summed E-state index contributed by atoms with van der Waals surface area (Å²) >= 11 is 0. The predicted octanol–water partition coefficient (Wildman–Crippen LogP) is 1.25. The van der Waals surface area contributed by atoms with Crippen LogP contribution in [0.4, 0.5) is 0 Å². The molecule has 7 heteroatoms. The average molecular weight is 394 g/mol. The number of carbonyl (C=O) groups excluding carboxylic acids is 1. The van der Waals surface area contributed by atoms with Crippen LogP contribution in [0.3, 0.4) is 0 Å². The van der Waals surface area contributed by atoms with Gasteiger partial charge in [0.2, 0.25) is 5.91 Å². The van der Waals surface area contributed by atoms with Crippen LogP contribution in [0, 0.1) is 11.8 Å². The Bertz CT molecular complexity index is 513. The van der Waals surface area contributed by atoms with Crippen molar-refractivity contribution in [3.05, 3.63) is 0 Å². The van der Waals surface area contributed by atoms with Crippen LogP contribution in [0.25, 0.3) is 0 Å². The van der Waals surface area contributed by atoms with Crippen LogP contribution in [0.15, 0.2) is 4.99 Å². The molecule has 3 rings (SSSR count). The average Bonchev–Trinajstić information content (AvgIpc) is 3.17. The minimum absolute atomic E-state index is 0.0565. The standard InChI is InChI=1S/C21H39N5O2/c1-24(2)20(27)15-23-21(22-14-18-6-4-3-5-7-18)26-9-8-19(17-26)16-25-10-12-28-13-11-25/h18-19H,3-17H2,1-2H3,(H,22,23). The van der Waals surface area contributed by atoms with Crippen molar-refractivity contribution in [1.82, 2.24) is 20.0 Å². The summed E-state index contributed by atoms with van der Waals surface area (Å²) < 4.78 is 5.47. The molecule has 1 aliphatic carbocycles. The van der Waals surface area contributed by atoms with Gasteiger partial charge in [-0.1, -0.05) is 19.3 Å². The van der Waals surface area contributed by atoms with Crippen molar-refractivity contribution in [2.45, 2.75) is 38.5 Å². The van der Waals surface area contributed by atoms with Crippen LogP contribution in [-0.2, 0) is 9.53 Å². The van der Waals surface area contributed by atoms with E-state index >= 15 is 0 Å². The van der Waals surface area contributed by atoms with Gasteiger partial charge < -0.3 is 19.9 Å². The summed E-state index contributed by atoms with van der Waals surface area (Å²) in [6, 6.07) is 0. The van der Waals surface area contributed by atoms with E-state index in [0.717, 1.165) is 64.4 Å². The number of ether oxygens (including phenoxy) is 1. The van der Waals surface area contributed by atoms with Crippen molar-refractivity contribution in [2.75, 3.05) is 73.1 Å². The fraction of sp³-hybridized carbons (Fsp3) is 0.905. The molecule has 2 heterocycles. The monoisotopic (exact) mass is 393 g/mol. The van der Waals surface area contributed by atoms with Gasteiger partial charge in [-0.2, -0.15) is 0 Å². The zero-order valence-electron chi connectivity index (χ0n) is 17.9. The van der Waals surface area contributed by atoms with E-state index in [1.54, 1.807) is 19.0 Å². The van der Waals surface area contributed by atoms with Crippen LogP contribution in [0.1, 0.15) is 38.5 Å². The lowest BCUT2D eigenvalue weighted by molar-refractivity contribution is -0.127. The fourth-order valence-corrected chi connectivity index (χ4v) is 4.50. The van der Waals surface area contributed by atoms with Crippen LogP contribution >= 0.6 is 0 Å². The van der Waals surface area contributed by atoms with Crippen molar-refractivity contribution in [2.24, 2.45) is 16.8 Å². The Balaban J connectivity index is 1.54. The Hall–Kier alpha value is -1.34. The predicted molar refractivity (Wildman–Crippen MR) is 113 cm³/mol. The molecule has 1 saturated carbocycles. The molecule has 3 fully saturated rings. The summed E-state index contributed by atoms with van der Waals surface area (Å²) in [4.78, 5) is 23.3. The third-order valence-corrected chi connectivity index (χ3v) is 6.34. The smallest absolute Gasteiger partial charge is 0.243 e. The number of carbonyl (C=O) groups is 1. The summed E-state index contributed by atoms with van der Waals surface area (Å²) in [5.74, 6) is 2.41. The molecule has 0 bridgehead atoms. The minimum Gasteiger partial charge on any atom is -0.379 e. The zero-order chi connectivity index (χ0) is 19.8. The molecule has 0 aromatic rings. The second-order valence-electron chi connectivity index (χ2n) is 8.83. The van der Waals surface area contributed by atoms with E-state index in [0.29, 0.717) is 5.92 Å². The number of amides is 1. The number of hydrogen-bond acceptors (Lipinski definition) is 4. The molecule has 0 spiro atoms. The van der Waals surface area contributed by atoms with Gasteiger partial charge in [0.1, 0.15) is 6.54 Å². The summed E-state index contributed by atoms with van der Waals surface area (Å²) in [5, 5.41) is 3.62. The molecule has 3 aliphatic rings. The van der Waals surface area contributed by atoms with Crippen LogP contribution < -0.4 is 5.32 Å². The number of rotatable bonds is 6. The third kappa shape index (κ3) is 6.62. The van der Waals surface area contributed by atoms with Crippen LogP contribution in [-0.4, -0.2) is 99.7 Å². The van der Waals surface area contributed by atoms with E-state index in [1.807, 2.05) is 0 Å². The van der Waals surface area contributed by atoms with Gasteiger partial charge in [0.25, 0.3) is 0 Å². The largest absolute Gasteiger partial charge is 0.379 e. The zero-order valence-corrected chi connectivity index (χ0v) is 17.9. The van der Waals surface area contributed by atoms with Gasteiger partial charge in [-0.3, -0.25) is 9.69 Å². The van der Waals surface area contributed by atoms with Gasteiger partial charge in [0.15, 0.2) is 5.96 Å². The minimum atomic E-state index is 0.0565. The van der Waals surface area contributed by atoms with Gasteiger partial charge >= 0.3 is 0 Å². The number of hydrogen-bond donors (Lipinski definition) is 1. The molecular formula is C21H39N5O2. The molecule has 0 aromatic carbocycles. The lowest BCUT2D eigenvalue weighted by atomic mass is 9.89. The molecule has 7 nitrogen and oxygen atoms in total. The number of nitrogens with one attached hydrogen (secondary N) is 1. The van der Waals surface area contributed by atoms with E-state index < -0.39 is 0 Å². The maximum absolute atomic E-state index is 12.0. The molecule has 0 aromatic heterocycles. The molecule has 0 radical (unpaired) electrons. The van der Waals surface area contributed by atoms with Gasteiger partial charge in [-0.25, -0.2) is 4.99 Å². The lowest BCUT2D eigenvalue weighted by Crippen LogP contribution is -2.44. The highest BCUT2D eigenvalue weighted by atomic mass is 16.5. The number of likely N-dealkylation sites (N-methyl/N-ethyl adjacent to an activating group) is 1. The second kappa shape index (κ2) is 11.0. The normalized spacial score (nSPS) is 25.1. The molecule has 2 aliphatic heterocycles. The Labute approximate surface area is 170 Å². The SMILES string of the molecule is CN(C)C(=O)CN=C(NCC1CCCCC1)N1CCC(CN2CCOCC2)C1. The fourth-order valence-electron chi connectivity index (χ4n) is 4.50. The van der Waals surface area contributed by atoms with E-state index in [-0.39, 0.29) is 12.5 Å². The Morgan fingerprint density at radius 3 is 2.54 bits per heavy atom. The number of guanidine groups is 1. The summed E-state index contributed by atoms with van der Waals surface area (Å²) in [7, 11) is 3.59. The Morgan fingerprint density at radius 2 is 1.82 bits per heavy atom. The highest BCUT2D eigenvalue weighted by molar-refractivity contribution is 5.85. The van der Waals surface area contributed by atoms with Crippen molar-refractivity contribution in [3.63, 3.8) is 0 Å². The molecule has 2 saturated heterocycles. The molecule has 160 valence electrons. The molecule has 1 unspecified atom stereocenters. The first-order chi connectivity index (χ1) is 13.6. The quantitative estimate of drug-likeness (QED) is 0.544. The number of nitrogens with zero attached hydrogens (tertiary/aromatic N) is 4. The molecular weight excluding hydrogens is 354 g/mol. The van der Waals surface area contributed by atoms with E-state index in [2.05, 4.69) is 15.1 Å². The Morgan fingerprint density at radius 1 is 1.07 bits per heavy atom. The molecule has 1 amide bonds. The summed E-state index contributed by atoms with van der Waals surface area (Å²) in [6.45, 7) is 8.24. The lowest BCUT2D eigenvalue weighted by Gasteiger charge is -2.29. The van der Waals surface area contributed by atoms with Gasteiger partial charge in [-0.15, -0.1) is 0 Å². The number of morpholine rings is 1. The van der Waals surface area contributed by atoms with Crippen molar-refractivity contribution in [1.29, 1.82) is 0 Å². The first-order valence-corrected chi connectivity index (χ1v) is 11.2. The van der Waals surface area contributed by atoms with E-state index in [9.17, 15) is 4.79 Å². The third-order valence-electron chi connectivity index (χ3n) is 6.34. The molecule has 1 N–H and O–H groups in total. The van der Waals surface area contributed by atoms with Crippen molar-refractivity contribution >= 4 is 11.9 Å². The molecule has 1 atom stereocenters. The number of likely N-dealkylation sites (tertiary alicyclic amines) is 1. The summed E-state index contributed by atoms with van der Waals surface area (Å²) in [6.07, 6.45) is 7.91. The number of aliphatic imine (C=N–C) groups is 1. The maximum atomic E-state index is 12.0. The summed E-state index contributed by atoms with van der Waals surface area (Å²) in [5.41, 5.74) is 0. The molecule has 28 heavy (non-hydrogen) atoms. The second-order valence-corrected chi connectivity index (χ2v) is 8.83. The van der Waals surface area contributed by atoms with Gasteiger partial charge in [-0.05, 0) is 31.1 Å². The van der Waals surface area contributed by atoms with Crippen LogP contribution in [0.5, 0.6) is 0 Å². The highest BCUT2D eigenvalue weighted by Gasteiger charge is 2.28. The van der Waals surface area contributed by atoms with Gasteiger partial charge in [0, 0.05) is 53.4 Å². The topological polar surface area (TPSA) is 60.4 Å².